The molecule has 1 atom stereocenters. The molecule has 1 N–H and O–H groups in total. The molecule has 0 spiro atoms. The lowest BCUT2D eigenvalue weighted by molar-refractivity contribution is 0.0940. The van der Waals surface area contributed by atoms with Gasteiger partial charge in [0.15, 0.2) is 0 Å². The normalized spacial score (nSPS) is 18.1. The Balaban J connectivity index is 1.53. The second kappa shape index (κ2) is 6.07. The summed E-state index contributed by atoms with van der Waals surface area (Å²) in [7, 11) is 0. The maximum absolute atomic E-state index is 8.79. The first-order valence-corrected chi connectivity index (χ1v) is 7.52. The summed E-state index contributed by atoms with van der Waals surface area (Å²) in [5, 5.41) is 16.4. The highest BCUT2D eigenvalue weighted by Gasteiger charge is 2.16. The highest BCUT2D eigenvalue weighted by Crippen LogP contribution is 2.18. The molecule has 0 bridgehead atoms. The number of nitrogens with zero attached hydrogens (tertiary/aromatic N) is 3. The molecule has 20 heavy (non-hydrogen) atoms. The van der Waals surface area contributed by atoms with Crippen molar-refractivity contribution in [3.63, 3.8) is 0 Å². The molecular weight excluding hydrogens is 272 g/mol. The van der Waals surface area contributed by atoms with E-state index in [0.717, 1.165) is 48.0 Å². The van der Waals surface area contributed by atoms with Gasteiger partial charge in [-0.05, 0) is 25.0 Å². The minimum Gasteiger partial charge on any atom is -0.378 e. The molecule has 3 rings (SSSR count). The molecule has 0 amide bonds. The molecule has 1 saturated heterocycles. The van der Waals surface area contributed by atoms with E-state index in [1.54, 1.807) is 0 Å². The molecule has 2 aromatic rings. The van der Waals surface area contributed by atoms with Crippen molar-refractivity contribution in [1.82, 2.24) is 9.78 Å². The maximum Gasteiger partial charge on any atom is 0.110 e. The third kappa shape index (κ3) is 3.18. The predicted molar refractivity (Wildman–Crippen MR) is 77.6 cm³/mol. The van der Waals surface area contributed by atoms with Crippen LogP contribution in [0.3, 0.4) is 0 Å². The molecule has 3 heterocycles. The zero-order valence-corrected chi connectivity index (χ0v) is 11.9. The molecule has 5 nitrogen and oxygen atoms in total. The van der Waals surface area contributed by atoms with Crippen molar-refractivity contribution in [3.8, 4) is 6.07 Å². The Morgan fingerprint density at radius 1 is 1.55 bits per heavy atom. The minimum absolute atomic E-state index is 0.304. The summed E-state index contributed by atoms with van der Waals surface area (Å²) < 4.78 is 7.52. The zero-order valence-electron chi connectivity index (χ0n) is 11.1. The summed E-state index contributed by atoms with van der Waals surface area (Å²) in [4.78, 5) is 1.89. The summed E-state index contributed by atoms with van der Waals surface area (Å²) in [6, 6.07) is 5.98. The number of thiophene rings is 1. The fourth-order valence-corrected chi connectivity index (χ4v) is 3.02. The lowest BCUT2D eigenvalue weighted by Crippen LogP contribution is -2.15. The van der Waals surface area contributed by atoms with E-state index in [9.17, 15) is 0 Å². The van der Waals surface area contributed by atoms with Crippen LogP contribution in [0.1, 0.15) is 22.6 Å². The van der Waals surface area contributed by atoms with Gasteiger partial charge < -0.3 is 10.1 Å². The molecule has 0 aromatic carbocycles. The molecule has 2 aromatic heterocycles. The van der Waals surface area contributed by atoms with E-state index in [1.807, 2.05) is 29.2 Å². The zero-order chi connectivity index (χ0) is 13.8. The van der Waals surface area contributed by atoms with Crippen molar-refractivity contribution < 1.29 is 4.74 Å². The first kappa shape index (κ1) is 13.2. The molecular formula is C14H16N4OS. The standard InChI is InChI=1S/C14H16N4OS/c15-6-13-3-4-14(20-13)8-16-11-7-17-18(9-11)10-12-2-1-5-19-12/h3-4,7,9,12,16H,1-2,5,8,10H2. The Morgan fingerprint density at radius 3 is 3.25 bits per heavy atom. The predicted octanol–water partition coefficient (Wildman–Crippen LogP) is 2.61. The second-order valence-corrected chi connectivity index (χ2v) is 5.99. The number of hydrogen-bond donors (Lipinski definition) is 1. The van der Waals surface area contributed by atoms with Crippen molar-refractivity contribution in [2.75, 3.05) is 11.9 Å². The van der Waals surface area contributed by atoms with Crippen molar-refractivity contribution in [2.24, 2.45) is 0 Å². The number of aromatic nitrogens is 2. The monoisotopic (exact) mass is 288 g/mol. The Hall–Kier alpha value is -1.84. The quantitative estimate of drug-likeness (QED) is 0.918. The summed E-state index contributed by atoms with van der Waals surface area (Å²) in [6.45, 7) is 2.41. The van der Waals surface area contributed by atoms with Gasteiger partial charge in [-0.25, -0.2) is 0 Å². The van der Waals surface area contributed by atoms with Gasteiger partial charge in [0, 0.05) is 24.2 Å². The van der Waals surface area contributed by atoms with Gasteiger partial charge >= 0.3 is 0 Å². The highest BCUT2D eigenvalue weighted by atomic mass is 32.1. The molecule has 0 saturated carbocycles. The fraction of sp³-hybridized carbons (Fsp3) is 0.429. The maximum atomic E-state index is 8.79. The molecule has 0 aliphatic carbocycles. The third-order valence-electron chi connectivity index (χ3n) is 3.29. The fourth-order valence-electron chi connectivity index (χ4n) is 2.27. The Kier molecular flexibility index (Phi) is 4.00. The highest BCUT2D eigenvalue weighted by molar-refractivity contribution is 7.12. The van der Waals surface area contributed by atoms with Crippen LogP contribution in [-0.4, -0.2) is 22.5 Å². The van der Waals surface area contributed by atoms with Crippen LogP contribution in [0.25, 0.3) is 0 Å². The van der Waals surface area contributed by atoms with Crippen LogP contribution in [0.15, 0.2) is 24.5 Å². The van der Waals surface area contributed by atoms with Gasteiger partial charge in [0.05, 0.1) is 24.5 Å². The van der Waals surface area contributed by atoms with E-state index in [1.165, 1.54) is 11.3 Å². The molecule has 0 radical (unpaired) electrons. The van der Waals surface area contributed by atoms with Crippen LogP contribution in [0.2, 0.25) is 0 Å². The van der Waals surface area contributed by atoms with Crippen LogP contribution in [0, 0.1) is 11.3 Å². The van der Waals surface area contributed by atoms with E-state index in [2.05, 4.69) is 16.5 Å². The van der Waals surface area contributed by atoms with Gasteiger partial charge in [0.25, 0.3) is 0 Å². The lowest BCUT2D eigenvalue weighted by atomic mass is 10.2. The first-order chi connectivity index (χ1) is 9.83. The van der Waals surface area contributed by atoms with Gasteiger partial charge in [0.1, 0.15) is 10.9 Å². The minimum atomic E-state index is 0.304. The molecule has 104 valence electrons. The number of nitrogens with one attached hydrogen (secondary N) is 1. The van der Waals surface area contributed by atoms with Crippen LogP contribution in [-0.2, 0) is 17.8 Å². The van der Waals surface area contributed by atoms with Crippen molar-refractivity contribution >= 4 is 17.0 Å². The summed E-state index contributed by atoms with van der Waals surface area (Å²) in [6.07, 6.45) is 6.40. The average Bonchev–Trinajstić information content (AvgIpc) is 3.18. The van der Waals surface area contributed by atoms with E-state index in [0.29, 0.717) is 6.10 Å². The first-order valence-electron chi connectivity index (χ1n) is 6.70. The molecule has 1 aliphatic rings. The smallest absolute Gasteiger partial charge is 0.110 e. The van der Waals surface area contributed by atoms with Crippen LogP contribution in [0.5, 0.6) is 0 Å². The largest absolute Gasteiger partial charge is 0.378 e. The third-order valence-corrected chi connectivity index (χ3v) is 4.28. The second-order valence-electron chi connectivity index (χ2n) is 4.82. The van der Waals surface area contributed by atoms with Crippen molar-refractivity contribution in [3.05, 3.63) is 34.3 Å². The van der Waals surface area contributed by atoms with Gasteiger partial charge in [-0.2, -0.15) is 10.4 Å². The summed E-state index contributed by atoms with van der Waals surface area (Å²) in [5.74, 6) is 0. The van der Waals surface area contributed by atoms with E-state index in [-0.39, 0.29) is 0 Å². The summed E-state index contributed by atoms with van der Waals surface area (Å²) in [5.41, 5.74) is 0.995. The van der Waals surface area contributed by atoms with Gasteiger partial charge in [0.2, 0.25) is 0 Å². The van der Waals surface area contributed by atoms with Crippen molar-refractivity contribution in [1.29, 1.82) is 5.26 Å². The number of rotatable bonds is 5. The molecule has 6 heteroatoms. The molecule has 1 unspecified atom stereocenters. The van der Waals surface area contributed by atoms with Crippen molar-refractivity contribution in [2.45, 2.75) is 32.0 Å². The SMILES string of the molecule is N#Cc1ccc(CNc2cnn(CC3CCCO3)c2)s1. The Bertz CT molecular complexity index is 607. The number of nitriles is 1. The molecule has 1 aliphatic heterocycles. The van der Waals surface area contributed by atoms with Gasteiger partial charge in [-0.1, -0.05) is 0 Å². The van der Waals surface area contributed by atoms with E-state index in [4.69, 9.17) is 10.00 Å². The van der Waals surface area contributed by atoms with E-state index < -0.39 is 0 Å². The number of ether oxygens (including phenoxy) is 1. The van der Waals surface area contributed by atoms with Crippen LogP contribution in [0.4, 0.5) is 5.69 Å². The lowest BCUT2D eigenvalue weighted by Gasteiger charge is -2.08. The number of anilines is 1. The summed E-state index contributed by atoms with van der Waals surface area (Å²) >= 11 is 1.51. The average molecular weight is 288 g/mol. The Labute approximate surface area is 121 Å². The Morgan fingerprint density at radius 2 is 2.50 bits per heavy atom. The van der Waals surface area contributed by atoms with Crippen LogP contribution < -0.4 is 5.32 Å². The van der Waals surface area contributed by atoms with E-state index >= 15 is 0 Å². The van der Waals surface area contributed by atoms with Gasteiger partial charge in [-0.3, -0.25) is 4.68 Å². The topological polar surface area (TPSA) is 62.9 Å². The number of hydrogen-bond acceptors (Lipinski definition) is 5. The molecule has 1 fully saturated rings. The van der Waals surface area contributed by atoms with Gasteiger partial charge in [-0.15, -0.1) is 11.3 Å². The van der Waals surface area contributed by atoms with Crippen LogP contribution >= 0.6 is 11.3 Å².